The molecule has 2 aromatic rings. The minimum absolute atomic E-state index is 0. The van der Waals surface area contributed by atoms with Gasteiger partial charge in [0.25, 0.3) is 0 Å². The molecule has 24 heavy (non-hydrogen) atoms. The largest absolute Gasteiger partial charge is 0.496 e. The number of fused-ring (bicyclic) bond motifs is 1. The van der Waals surface area contributed by atoms with E-state index in [4.69, 9.17) is 4.74 Å². The fourth-order valence-corrected chi connectivity index (χ4v) is 3.28. The quantitative estimate of drug-likeness (QED) is 0.897. The van der Waals surface area contributed by atoms with E-state index in [2.05, 4.69) is 34.5 Å². The lowest BCUT2D eigenvalue weighted by Crippen LogP contribution is -2.45. The Kier molecular flexibility index (Phi) is 8.30. The molecule has 1 N–H and O–H groups in total. The highest BCUT2D eigenvalue weighted by Crippen LogP contribution is 2.35. The zero-order valence-corrected chi connectivity index (χ0v) is 15.3. The average Bonchev–Trinajstić information content (AvgIpc) is 2.60. The van der Waals surface area contributed by atoms with Gasteiger partial charge in [0.05, 0.1) is 19.6 Å². The fraction of sp³-hybridized carbons (Fsp3) is 0.389. The molecule has 1 heterocycles. The van der Waals surface area contributed by atoms with Crippen LogP contribution in [0.25, 0.3) is 10.8 Å². The molecular weight excluding hydrogens is 345 g/mol. The molecule has 1 aliphatic rings. The van der Waals surface area contributed by atoms with Gasteiger partial charge in [-0.2, -0.15) is 5.26 Å². The van der Waals surface area contributed by atoms with Crippen LogP contribution in [0, 0.1) is 11.3 Å². The molecule has 0 amide bonds. The Labute approximate surface area is 155 Å². The molecule has 6 heteroatoms. The van der Waals surface area contributed by atoms with E-state index in [9.17, 15) is 5.26 Å². The number of rotatable bonds is 4. The van der Waals surface area contributed by atoms with Crippen molar-refractivity contribution < 1.29 is 4.74 Å². The molecular formula is C18H23Cl2N3O. The second-order valence-electron chi connectivity index (χ2n) is 5.57. The van der Waals surface area contributed by atoms with Crippen LogP contribution in [0.1, 0.15) is 18.0 Å². The summed E-state index contributed by atoms with van der Waals surface area (Å²) in [5.74, 6) is 0.885. The van der Waals surface area contributed by atoms with Gasteiger partial charge in [0, 0.05) is 37.6 Å². The molecule has 2 aromatic carbocycles. The summed E-state index contributed by atoms with van der Waals surface area (Å²) in [4.78, 5) is 2.41. The Balaban J connectivity index is 0.00000144. The van der Waals surface area contributed by atoms with Crippen LogP contribution in [0.4, 0.5) is 0 Å². The van der Waals surface area contributed by atoms with Crippen LogP contribution in [-0.2, 0) is 0 Å². The van der Waals surface area contributed by atoms with Gasteiger partial charge >= 0.3 is 0 Å². The van der Waals surface area contributed by atoms with Gasteiger partial charge in [-0.1, -0.05) is 30.3 Å². The number of nitrogens with zero attached hydrogens (tertiary/aromatic N) is 2. The summed E-state index contributed by atoms with van der Waals surface area (Å²) in [5, 5.41) is 15.0. The average molecular weight is 368 g/mol. The Bertz CT molecular complexity index is 696. The maximum atomic E-state index is 9.28. The van der Waals surface area contributed by atoms with Crippen LogP contribution in [-0.4, -0.2) is 38.2 Å². The normalized spacial score (nSPS) is 15.7. The molecule has 1 atom stereocenters. The predicted molar refractivity (Wildman–Crippen MR) is 102 cm³/mol. The van der Waals surface area contributed by atoms with Crippen LogP contribution in [0.2, 0.25) is 0 Å². The highest BCUT2D eigenvalue weighted by atomic mass is 35.5. The fourth-order valence-electron chi connectivity index (χ4n) is 3.28. The van der Waals surface area contributed by atoms with Crippen molar-refractivity contribution in [2.45, 2.75) is 12.5 Å². The number of benzene rings is 2. The van der Waals surface area contributed by atoms with E-state index >= 15 is 0 Å². The lowest BCUT2D eigenvalue weighted by Gasteiger charge is -2.34. The third-order valence-electron chi connectivity index (χ3n) is 4.37. The first-order chi connectivity index (χ1) is 10.8. The first kappa shape index (κ1) is 20.5. The molecule has 1 aliphatic heterocycles. The van der Waals surface area contributed by atoms with Gasteiger partial charge in [0.15, 0.2) is 0 Å². The van der Waals surface area contributed by atoms with E-state index in [0.29, 0.717) is 6.42 Å². The van der Waals surface area contributed by atoms with Crippen molar-refractivity contribution in [1.82, 2.24) is 10.2 Å². The second-order valence-corrected chi connectivity index (χ2v) is 5.57. The zero-order chi connectivity index (χ0) is 15.4. The number of piperazine rings is 1. The molecule has 0 aliphatic carbocycles. The molecule has 0 spiro atoms. The first-order valence-electron chi connectivity index (χ1n) is 7.72. The highest BCUT2D eigenvalue weighted by molar-refractivity contribution is 5.91. The molecule has 130 valence electrons. The van der Waals surface area contributed by atoms with Crippen molar-refractivity contribution in [2.24, 2.45) is 0 Å². The van der Waals surface area contributed by atoms with Crippen molar-refractivity contribution in [1.29, 1.82) is 5.26 Å². The second kappa shape index (κ2) is 9.71. The summed E-state index contributed by atoms with van der Waals surface area (Å²) < 4.78 is 5.48. The molecule has 0 aromatic heterocycles. The Morgan fingerprint density at radius 1 is 1.12 bits per heavy atom. The van der Waals surface area contributed by atoms with Crippen molar-refractivity contribution >= 4 is 35.6 Å². The van der Waals surface area contributed by atoms with Gasteiger partial charge in [-0.05, 0) is 17.0 Å². The Morgan fingerprint density at radius 3 is 2.42 bits per heavy atom. The van der Waals surface area contributed by atoms with E-state index in [1.54, 1.807) is 7.11 Å². The number of methoxy groups -OCH3 is 1. The van der Waals surface area contributed by atoms with E-state index < -0.39 is 0 Å². The summed E-state index contributed by atoms with van der Waals surface area (Å²) in [6, 6.07) is 14.9. The number of ether oxygens (including phenoxy) is 1. The minimum atomic E-state index is 0. The van der Waals surface area contributed by atoms with Gasteiger partial charge in [0.1, 0.15) is 5.75 Å². The van der Waals surface area contributed by atoms with E-state index in [1.165, 1.54) is 10.9 Å². The molecule has 1 fully saturated rings. The standard InChI is InChI=1S/C18H21N3O.2ClH/c1-22-18-7-6-15(14-4-2-3-5-16(14)18)17(8-9-19)21-12-10-20-11-13-21;;/h2-7,17,20H,8,10-13H2,1H3;2*1H/t17-;;/m1../s1. The van der Waals surface area contributed by atoms with Crippen LogP contribution in [0.3, 0.4) is 0 Å². The number of nitriles is 1. The molecule has 1 saturated heterocycles. The third-order valence-corrected chi connectivity index (χ3v) is 4.37. The third kappa shape index (κ3) is 4.12. The monoisotopic (exact) mass is 367 g/mol. The molecule has 3 rings (SSSR count). The van der Waals surface area contributed by atoms with Crippen molar-refractivity contribution in [2.75, 3.05) is 33.3 Å². The predicted octanol–water partition coefficient (Wildman–Crippen LogP) is 3.55. The highest BCUT2D eigenvalue weighted by Gasteiger charge is 2.24. The number of hydrogen-bond donors (Lipinski definition) is 1. The van der Waals surface area contributed by atoms with Gasteiger partial charge < -0.3 is 10.1 Å². The maximum Gasteiger partial charge on any atom is 0.126 e. The zero-order valence-electron chi connectivity index (χ0n) is 13.7. The van der Waals surface area contributed by atoms with E-state index in [1.807, 2.05) is 18.2 Å². The Morgan fingerprint density at radius 2 is 1.79 bits per heavy atom. The lowest BCUT2D eigenvalue weighted by molar-refractivity contribution is 0.176. The molecule has 0 bridgehead atoms. The van der Waals surface area contributed by atoms with Crippen molar-refractivity contribution in [3.05, 3.63) is 42.0 Å². The number of halogens is 2. The smallest absolute Gasteiger partial charge is 0.126 e. The van der Waals surface area contributed by atoms with E-state index in [-0.39, 0.29) is 30.9 Å². The summed E-state index contributed by atoms with van der Waals surface area (Å²) in [6.07, 6.45) is 0.510. The summed E-state index contributed by atoms with van der Waals surface area (Å²) >= 11 is 0. The molecule has 4 nitrogen and oxygen atoms in total. The van der Waals surface area contributed by atoms with Crippen LogP contribution in [0.15, 0.2) is 36.4 Å². The van der Waals surface area contributed by atoms with Gasteiger partial charge in [-0.3, -0.25) is 4.90 Å². The van der Waals surface area contributed by atoms with Crippen LogP contribution in [0.5, 0.6) is 5.75 Å². The van der Waals surface area contributed by atoms with Crippen LogP contribution >= 0.6 is 24.8 Å². The summed E-state index contributed by atoms with van der Waals surface area (Å²) in [6.45, 7) is 3.92. The molecule has 0 unspecified atom stereocenters. The van der Waals surface area contributed by atoms with E-state index in [0.717, 1.165) is 37.3 Å². The van der Waals surface area contributed by atoms with Crippen LogP contribution < -0.4 is 10.1 Å². The molecule has 0 saturated carbocycles. The van der Waals surface area contributed by atoms with Crippen molar-refractivity contribution in [3.8, 4) is 11.8 Å². The molecule has 0 radical (unpaired) electrons. The number of nitrogens with one attached hydrogen (secondary N) is 1. The van der Waals surface area contributed by atoms with Gasteiger partial charge in [-0.25, -0.2) is 0 Å². The summed E-state index contributed by atoms with van der Waals surface area (Å²) in [5.41, 5.74) is 1.22. The SMILES string of the molecule is COc1ccc([C@@H](CC#N)N2CCNCC2)c2ccccc12.Cl.Cl. The van der Waals surface area contributed by atoms with Crippen molar-refractivity contribution in [3.63, 3.8) is 0 Å². The lowest BCUT2D eigenvalue weighted by atomic mass is 9.95. The Hall–Kier alpha value is -1.51. The summed E-state index contributed by atoms with van der Waals surface area (Å²) in [7, 11) is 1.70. The maximum absolute atomic E-state index is 9.28. The number of hydrogen-bond acceptors (Lipinski definition) is 4. The first-order valence-corrected chi connectivity index (χ1v) is 7.72. The minimum Gasteiger partial charge on any atom is -0.496 e. The van der Waals surface area contributed by atoms with Gasteiger partial charge in [0.2, 0.25) is 0 Å². The topological polar surface area (TPSA) is 48.3 Å². The van der Waals surface area contributed by atoms with Gasteiger partial charge in [-0.15, -0.1) is 24.8 Å².